The van der Waals surface area contributed by atoms with Gasteiger partial charge in [0.05, 0.1) is 0 Å². The molecule has 0 heterocycles. The van der Waals surface area contributed by atoms with Gasteiger partial charge >= 0.3 is 58.4 Å². The van der Waals surface area contributed by atoms with Crippen LogP contribution in [-0.2, 0) is 72.8 Å². The Labute approximate surface area is 126 Å². The van der Waals surface area contributed by atoms with Gasteiger partial charge in [0.1, 0.15) is 0 Å². The molecule has 0 saturated heterocycles. The number of aliphatic carboxylic acids is 3. The van der Waals surface area contributed by atoms with E-state index in [1.165, 1.54) is 0 Å². The van der Waals surface area contributed by atoms with Gasteiger partial charge in [0, 0.05) is 17.9 Å². The molecule has 0 fully saturated rings. The SMILES string of the molecule is CC(=O)[O-].CC(=O)[O-].CC(=O)[O-].[Zn+2].[Zn+2].[Zn+2]. The molecular weight excluding hydrogens is 364 g/mol. The van der Waals surface area contributed by atoms with Crippen LogP contribution in [0.4, 0.5) is 0 Å². The number of carbonyl (C=O) groups is 3. The van der Waals surface area contributed by atoms with Crippen molar-refractivity contribution in [3.05, 3.63) is 0 Å². The van der Waals surface area contributed by atoms with Crippen LogP contribution in [0.1, 0.15) is 20.8 Å². The summed E-state index contributed by atoms with van der Waals surface area (Å²) < 4.78 is 0. The number of carboxylic acids is 3. The van der Waals surface area contributed by atoms with E-state index in [-0.39, 0.29) is 58.4 Å². The zero-order valence-corrected chi connectivity index (χ0v) is 18.0. The van der Waals surface area contributed by atoms with E-state index in [1.807, 2.05) is 0 Å². The monoisotopic (exact) mass is 369 g/mol. The second-order valence-electron chi connectivity index (χ2n) is 1.47. The van der Waals surface area contributed by atoms with Crippen LogP contribution in [-0.4, -0.2) is 17.9 Å². The van der Waals surface area contributed by atoms with Crippen molar-refractivity contribution in [1.82, 2.24) is 0 Å². The van der Waals surface area contributed by atoms with E-state index in [2.05, 4.69) is 0 Å². The van der Waals surface area contributed by atoms with E-state index in [0.29, 0.717) is 0 Å². The fourth-order valence-electron chi connectivity index (χ4n) is 0. The minimum Gasteiger partial charge on any atom is -0.550 e. The molecule has 0 radical (unpaired) electrons. The minimum atomic E-state index is -1.08. The summed E-state index contributed by atoms with van der Waals surface area (Å²) in [5.74, 6) is -3.25. The number of carbonyl (C=O) groups excluding carboxylic acids is 3. The van der Waals surface area contributed by atoms with Crippen molar-refractivity contribution < 1.29 is 88.1 Å². The molecule has 0 amide bonds. The molecule has 0 aliphatic heterocycles. The molecule has 0 rings (SSSR count). The fraction of sp³-hybridized carbons (Fsp3) is 0.500. The van der Waals surface area contributed by atoms with Crippen LogP contribution in [0.5, 0.6) is 0 Å². The van der Waals surface area contributed by atoms with Gasteiger partial charge in [0.15, 0.2) is 0 Å². The van der Waals surface area contributed by atoms with E-state index in [0.717, 1.165) is 20.8 Å². The average molecular weight is 373 g/mol. The quantitative estimate of drug-likeness (QED) is 0.403. The minimum absolute atomic E-state index is 0. The van der Waals surface area contributed by atoms with Gasteiger partial charge in [0.2, 0.25) is 0 Å². The van der Waals surface area contributed by atoms with Crippen molar-refractivity contribution in [1.29, 1.82) is 0 Å². The van der Waals surface area contributed by atoms with Crippen LogP contribution >= 0.6 is 0 Å². The zero-order valence-electron chi connectivity index (χ0n) is 9.07. The molecule has 0 bridgehead atoms. The maximum atomic E-state index is 8.89. The molecule has 0 unspecified atom stereocenters. The van der Waals surface area contributed by atoms with E-state index in [4.69, 9.17) is 29.7 Å². The van der Waals surface area contributed by atoms with Crippen molar-refractivity contribution in [2.45, 2.75) is 20.8 Å². The standard InChI is InChI=1S/3C2H4O2.3Zn/c3*1-2(3)4;;;/h3*1H3,(H,3,4);;;/q;;;3*+2/p-3. The van der Waals surface area contributed by atoms with Crippen LogP contribution in [0.3, 0.4) is 0 Å². The maximum absolute atomic E-state index is 8.89. The first-order chi connectivity index (χ1) is 5.20. The second kappa shape index (κ2) is 29.2. The first-order valence-corrected chi connectivity index (χ1v) is 2.72. The summed E-state index contributed by atoms with van der Waals surface area (Å²) in [4.78, 5) is 26.7. The van der Waals surface area contributed by atoms with Crippen LogP contribution in [0.25, 0.3) is 0 Å². The topological polar surface area (TPSA) is 120 Å². The average Bonchev–Trinajstić information content (AvgIpc) is 1.54. The molecule has 6 nitrogen and oxygen atoms in total. The number of hydrogen-bond acceptors (Lipinski definition) is 6. The molecular formula is C6H9O6Zn3+3. The van der Waals surface area contributed by atoms with Crippen LogP contribution in [0.2, 0.25) is 0 Å². The fourth-order valence-corrected chi connectivity index (χ4v) is 0. The van der Waals surface area contributed by atoms with Crippen LogP contribution in [0, 0.1) is 0 Å². The Bertz CT molecular complexity index is 120. The Morgan fingerprint density at radius 1 is 0.600 bits per heavy atom. The largest absolute Gasteiger partial charge is 2.00 e. The maximum Gasteiger partial charge on any atom is 2.00 e. The smallest absolute Gasteiger partial charge is 0.550 e. The van der Waals surface area contributed by atoms with Gasteiger partial charge in [-0.1, -0.05) is 0 Å². The Balaban J connectivity index is -0.0000000184. The van der Waals surface area contributed by atoms with Crippen LogP contribution in [0.15, 0.2) is 0 Å². The van der Waals surface area contributed by atoms with E-state index in [1.54, 1.807) is 0 Å². The third-order valence-corrected chi connectivity index (χ3v) is 0. The molecule has 0 N–H and O–H groups in total. The molecule has 9 heteroatoms. The van der Waals surface area contributed by atoms with Gasteiger partial charge in [-0.15, -0.1) is 0 Å². The van der Waals surface area contributed by atoms with Gasteiger partial charge < -0.3 is 29.7 Å². The number of hydrogen-bond donors (Lipinski definition) is 0. The molecule has 0 saturated carbocycles. The van der Waals surface area contributed by atoms with Crippen molar-refractivity contribution in [3.63, 3.8) is 0 Å². The van der Waals surface area contributed by atoms with E-state index >= 15 is 0 Å². The summed E-state index contributed by atoms with van der Waals surface area (Å²) in [6.07, 6.45) is 0. The number of rotatable bonds is 0. The van der Waals surface area contributed by atoms with Gasteiger partial charge in [-0.05, 0) is 20.8 Å². The first kappa shape index (κ1) is 36.2. The molecule has 72 valence electrons. The van der Waals surface area contributed by atoms with Gasteiger partial charge in [0.25, 0.3) is 0 Å². The summed E-state index contributed by atoms with van der Waals surface area (Å²) in [5, 5.41) is 26.7. The normalized spacial score (nSPS) is 5.00. The summed E-state index contributed by atoms with van der Waals surface area (Å²) in [6.45, 7) is 2.92. The molecule has 0 atom stereocenters. The summed E-state index contributed by atoms with van der Waals surface area (Å²) >= 11 is 0. The third kappa shape index (κ3) is 27400. The Morgan fingerprint density at radius 3 is 0.600 bits per heavy atom. The second-order valence-corrected chi connectivity index (χ2v) is 1.47. The third-order valence-electron chi connectivity index (χ3n) is 0. The number of carboxylic acid groups (broad SMARTS) is 3. The molecule has 0 aliphatic rings. The summed E-state index contributed by atoms with van der Waals surface area (Å²) in [5.41, 5.74) is 0. The predicted octanol–water partition coefficient (Wildman–Crippen LogP) is -3.74. The Kier molecular flexibility index (Phi) is 70.5. The predicted molar refractivity (Wildman–Crippen MR) is 32.0 cm³/mol. The van der Waals surface area contributed by atoms with Gasteiger partial charge in [-0.25, -0.2) is 0 Å². The van der Waals surface area contributed by atoms with Gasteiger partial charge in [-0.2, -0.15) is 0 Å². The van der Waals surface area contributed by atoms with Crippen molar-refractivity contribution in [2.75, 3.05) is 0 Å². The Hall–Kier alpha value is 0.280. The summed E-state index contributed by atoms with van der Waals surface area (Å²) in [7, 11) is 0. The molecule has 0 spiro atoms. The van der Waals surface area contributed by atoms with E-state index in [9.17, 15) is 0 Å². The van der Waals surface area contributed by atoms with Crippen molar-refractivity contribution in [2.24, 2.45) is 0 Å². The molecule has 0 aromatic carbocycles. The summed E-state index contributed by atoms with van der Waals surface area (Å²) in [6, 6.07) is 0. The molecule has 0 aliphatic carbocycles. The van der Waals surface area contributed by atoms with Crippen LogP contribution < -0.4 is 15.3 Å². The molecule has 0 aromatic heterocycles. The molecule has 15 heavy (non-hydrogen) atoms. The first-order valence-electron chi connectivity index (χ1n) is 2.72. The van der Waals surface area contributed by atoms with Crippen molar-refractivity contribution >= 4 is 17.9 Å². The zero-order chi connectivity index (χ0) is 10.7. The Morgan fingerprint density at radius 2 is 0.600 bits per heavy atom. The molecule has 0 aromatic rings. The van der Waals surface area contributed by atoms with Crippen molar-refractivity contribution in [3.8, 4) is 0 Å². The van der Waals surface area contributed by atoms with E-state index < -0.39 is 17.9 Å². The van der Waals surface area contributed by atoms with Gasteiger partial charge in [-0.3, -0.25) is 0 Å².